The number of likely N-dealkylation sites (tertiary alicyclic amines) is 1. The minimum Gasteiger partial charge on any atom is -0.454 e. The molecule has 2 atom stereocenters. The molecule has 3 aromatic rings. The molecule has 182 valence electrons. The summed E-state index contributed by atoms with van der Waals surface area (Å²) >= 11 is 0. The number of fused-ring (bicyclic) bond motifs is 1. The first-order valence-corrected chi connectivity index (χ1v) is 12.1. The maximum absolute atomic E-state index is 14.1. The van der Waals surface area contributed by atoms with E-state index in [-0.39, 0.29) is 30.6 Å². The van der Waals surface area contributed by atoms with Gasteiger partial charge in [-0.3, -0.25) is 9.69 Å². The molecule has 2 N–H and O–H groups in total. The fourth-order valence-corrected chi connectivity index (χ4v) is 4.76. The number of amides is 1. The Morgan fingerprint density at radius 2 is 1.77 bits per heavy atom. The number of nitrogens with zero attached hydrogens (tertiary/aromatic N) is 1. The van der Waals surface area contributed by atoms with Gasteiger partial charge in [-0.15, -0.1) is 0 Å². The van der Waals surface area contributed by atoms with Crippen LogP contribution in [-0.2, 0) is 24.3 Å². The van der Waals surface area contributed by atoms with Crippen molar-refractivity contribution in [2.75, 3.05) is 19.9 Å². The summed E-state index contributed by atoms with van der Waals surface area (Å²) in [6, 6.07) is 22.7. The lowest BCUT2D eigenvalue weighted by molar-refractivity contribution is -0.125. The van der Waals surface area contributed by atoms with Crippen LogP contribution < -0.4 is 20.1 Å². The zero-order valence-corrected chi connectivity index (χ0v) is 19.6. The molecule has 0 bridgehead atoms. The van der Waals surface area contributed by atoms with Crippen LogP contribution in [0.3, 0.4) is 0 Å². The van der Waals surface area contributed by atoms with E-state index in [1.807, 2.05) is 42.5 Å². The maximum atomic E-state index is 14.1. The normalized spacial score (nSPS) is 19.1. The Kier molecular flexibility index (Phi) is 7.25. The largest absolute Gasteiger partial charge is 0.454 e. The van der Waals surface area contributed by atoms with E-state index in [0.29, 0.717) is 38.0 Å². The predicted molar refractivity (Wildman–Crippen MR) is 132 cm³/mol. The van der Waals surface area contributed by atoms with Crippen molar-refractivity contribution in [1.82, 2.24) is 15.5 Å². The third-order valence-corrected chi connectivity index (χ3v) is 6.62. The number of benzene rings is 3. The third-order valence-electron chi connectivity index (χ3n) is 6.62. The number of nitrogens with one attached hydrogen (secondary N) is 2. The van der Waals surface area contributed by atoms with Gasteiger partial charge in [0.15, 0.2) is 11.5 Å². The lowest BCUT2D eigenvalue weighted by Gasteiger charge is -2.23. The topological polar surface area (TPSA) is 62.8 Å². The Hall–Kier alpha value is -3.42. The van der Waals surface area contributed by atoms with Crippen LogP contribution in [0.15, 0.2) is 72.8 Å². The molecular weight excluding hydrogens is 445 g/mol. The molecule has 0 radical (unpaired) electrons. The molecule has 0 saturated carbocycles. The zero-order valence-electron chi connectivity index (χ0n) is 19.6. The number of ether oxygens (including phenoxy) is 2. The minimum absolute atomic E-state index is 0.0249. The Labute approximate surface area is 205 Å². The molecule has 6 nitrogen and oxygen atoms in total. The van der Waals surface area contributed by atoms with E-state index in [2.05, 4.69) is 27.7 Å². The van der Waals surface area contributed by atoms with Gasteiger partial charge in [0.2, 0.25) is 12.7 Å². The minimum atomic E-state index is -0.245. The molecule has 2 aliphatic rings. The number of halogens is 1. The van der Waals surface area contributed by atoms with Crippen molar-refractivity contribution in [3.8, 4) is 11.5 Å². The lowest BCUT2D eigenvalue weighted by Crippen LogP contribution is -2.43. The van der Waals surface area contributed by atoms with E-state index in [4.69, 9.17) is 9.47 Å². The van der Waals surface area contributed by atoms with Crippen LogP contribution in [-0.4, -0.2) is 42.8 Å². The molecule has 5 rings (SSSR count). The van der Waals surface area contributed by atoms with Crippen molar-refractivity contribution in [2.24, 2.45) is 0 Å². The second-order valence-electron chi connectivity index (χ2n) is 9.06. The van der Waals surface area contributed by atoms with E-state index in [9.17, 15) is 9.18 Å². The average molecular weight is 476 g/mol. The van der Waals surface area contributed by atoms with Crippen LogP contribution in [0.5, 0.6) is 11.5 Å². The molecule has 0 aromatic heterocycles. The smallest absolute Gasteiger partial charge is 0.237 e. The van der Waals surface area contributed by atoms with Gasteiger partial charge in [0.25, 0.3) is 0 Å². The van der Waals surface area contributed by atoms with Gasteiger partial charge >= 0.3 is 0 Å². The van der Waals surface area contributed by atoms with Crippen LogP contribution in [0, 0.1) is 5.82 Å². The van der Waals surface area contributed by atoms with Gasteiger partial charge in [0, 0.05) is 37.8 Å². The summed E-state index contributed by atoms with van der Waals surface area (Å²) in [5, 5.41) is 6.58. The maximum Gasteiger partial charge on any atom is 0.237 e. The van der Waals surface area contributed by atoms with Crippen molar-refractivity contribution >= 4 is 5.91 Å². The van der Waals surface area contributed by atoms with Crippen molar-refractivity contribution in [2.45, 2.75) is 38.0 Å². The van der Waals surface area contributed by atoms with Gasteiger partial charge in [-0.25, -0.2) is 4.39 Å². The van der Waals surface area contributed by atoms with E-state index < -0.39 is 0 Å². The highest BCUT2D eigenvalue weighted by Crippen LogP contribution is 2.32. The predicted octanol–water partition coefficient (Wildman–Crippen LogP) is 3.65. The lowest BCUT2D eigenvalue weighted by atomic mass is 10.1. The average Bonchev–Trinajstić information content (AvgIpc) is 3.51. The van der Waals surface area contributed by atoms with E-state index in [1.54, 1.807) is 12.1 Å². The highest BCUT2D eigenvalue weighted by atomic mass is 19.1. The number of rotatable bonds is 9. The molecule has 0 spiro atoms. The summed E-state index contributed by atoms with van der Waals surface area (Å²) in [4.78, 5) is 15.4. The molecule has 1 amide bonds. The molecule has 2 heterocycles. The van der Waals surface area contributed by atoms with Gasteiger partial charge in [0.05, 0.1) is 6.04 Å². The molecule has 2 aliphatic heterocycles. The van der Waals surface area contributed by atoms with Gasteiger partial charge in [-0.05, 0) is 42.2 Å². The fourth-order valence-electron chi connectivity index (χ4n) is 4.76. The summed E-state index contributed by atoms with van der Waals surface area (Å²) in [7, 11) is 0. The van der Waals surface area contributed by atoms with Crippen molar-refractivity contribution in [3.05, 3.63) is 95.3 Å². The first-order chi connectivity index (χ1) is 17.2. The molecule has 0 aliphatic carbocycles. The molecule has 7 heteroatoms. The van der Waals surface area contributed by atoms with E-state index in [0.717, 1.165) is 23.6 Å². The standard InChI is InChI=1S/C28H30FN3O3/c29-24-9-5-4-8-22(24)16-31-23-15-25(32(18-23)17-21-6-2-1-3-7-21)28(33)30-13-12-20-10-11-26-27(14-20)35-19-34-26/h1-11,14,23,25,31H,12-13,15-19H2,(H,30,33)/t23-,25-/m0/s1. The van der Waals surface area contributed by atoms with Gasteiger partial charge in [-0.1, -0.05) is 54.6 Å². The second-order valence-corrected chi connectivity index (χ2v) is 9.06. The number of carbonyl (C=O) groups is 1. The van der Waals surface area contributed by atoms with Crippen molar-refractivity contribution in [1.29, 1.82) is 0 Å². The highest BCUT2D eigenvalue weighted by molar-refractivity contribution is 5.82. The fraction of sp³-hybridized carbons (Fsp3) is 0.321. The van der Waals surface area contributed by atoms with Crippen LogP contribution in [0.4, 0.5) is 4.39 Å². The molecular formula is C28H30FN3O3. The Morgan fingerprint density at radius 1 is 0.971 bits per heavy atom. The Bertz CT molecular complexity index is 1160. The summed E-state index contributed by atoms with van der Waals surface area (Å²) in [5.74, 6) is 1.32. The zero-order chi connectivity index (χ0) is 24.0. The second kappa shape index (κ2) is 10.9. The molecule has 3 aromatic carbocycles. The summed E-state index contributed by atoms with van der Waals surface area (Å²) in [6.45, 7) is 2.65. The summed E-state index contributed by atoms with van der Waals surface area (Å²) in [6.07, 6.45) is 1.39. The van der Waals surface area contributed by atoms with Gasteiger partial charge in [-0.2, -0.15) is 0 Å². The Balaban J connectivity index is 1.19. The Morgan fingerprint density at radius 3 is 2.63 bits per heavy atom. The quantitative estimate of drug-likeness (QED) is 0.495. The molecule has 1 saturated heterocycles. The van der Waals surface area contributed by atoms with Crippen LogP contribution in [0.1, 0.15) is 23.1 Å². The van der Waals surface area contributed by atoms with Gasteiger partial charge < -0.3 is 20.1 Å². The first kappa shape index (κ1) is 23.3. The first-order valence-electron chi connectivity index (χ1n) is 12.1. The van der Waals surface area contributed by atoms with Gasteiger partial charge in [0.1, 0.15) is 5.82 Å². The molecule has 35 heavy (non-hydrogen) atoms. The van der Waals surface area contributed by atoms with Crippen LogP contribution in [0.2, 0.25) is 0 Å². The van der Waals surface area contributed by atoms with Crippen LogP contribution >= 0.6 is 0 Å². The molecule has 1 fully saturated rings. The van der Waals surface area contributed by atoms with E-state index >= 15 is 0 Å². The summed E-state index contributed by atoms with van der Waals surface area (Å²) < 4.78 is 24.9. The third kappa shape index (κ3) is 5.81. The molecule has 0 unspecified atom stereocenters. The van der Waals surface area contributed by atoms with Crippen molar-refractivity contribution in [3.63, 3.8) is 0 Å². The van der Waals surface area contributed by atoms with E-state index in [1.165, 1.54) is 11.6 Å². The number of carbonyl (C=O) groups excluding carboxylic acids is 1. The number of hydrogen-bond acceptors (Lipinski definition) is 5. The van der Waals surface area contributed by atoms with Crippen molar-refractivity contribution < 1.29 is 18.7 Å². The number of hydrogen-bond donors (Lipinski definition) is 2. The monoisotopic (exact) mass is 475 g/mol. The van der Waals surface area contributed by atoms with Crippen LogP contribution in [0.25, 0.3) is 0 Å². The summed E-state index contributed by atoms with van der Waals surface area (Å²) in [5.41, 5.74) is 2.89. The highest BCUT2D eigenvalue weighted by Gasteiger charge is 2.36. The SMILES string of the molecule is O=C(NCCc1ccc2c(c1)OCO2)[C@@H]1C[C@H](NCc2ccccc2F)CN1Cc1ccccc1.